The van der Waals surface area contributed by atoms with Crippen LogP contribution >= 0.6 is 0 Å². The molecule has 0 aliphatic carbocycles. The third kappa shape index (κ3) is 3.03. The molecule has 1 amide bonds. The van der Waals surface area contributed by atoms with Crippen molar-refractivity contribution >= 4 is 16.8 Å². The highest BCUT2D eigenvalue weighted by molar-refractivity contribution is 6.06. The fraction of sp³-hybridized carbons (Fsp3) is 0.524. The molecule has 0 saturated heterocycles. The number of hydrogen-bond donors (Lipinski definition) is 1. The van der Waals surface area contributed by atoms with Crippen LogP contribution in [0.1, 0.15) is 64.5 Å². The lowest BCUT2D eigenvalue weighted by atomic mass is 9.53. The summed E-state index contributed by atoms with van der Waals surface area (Å²) in [6, 6.07) is 6.57. The highest BCUT2D eigenvalue weighted by Gasteiger charge is 2.49. The molecule has 0 unspecified atom stereocenters. The van der Waals surface area contributed by atoms with Gasteiger partial charge in [0.2, 0.25) is 0 Å². The number of rotatable bonds is 2. The topological polar surface area (TPSA) is 42.0 Å². The number of hydrogen-bond acceptors (Lipinski definition) is 2. The van der Waals surface area contributed by atoms with E-state index in [1.54, 1.807) is 7.05 Å². The van der Waals surface area contributed by atoms with E-state index in [9.17, 15) is 9.18 Å². The molecule has 0 spiro atoms. The van der Waals surface area contributed by atoms with Crippen molar-refractivity contribution in [1.29, 1.82) is 0 Å². The van der Waals surface area contributed by atoms with Gasteiger partial charge in [-0.3, -0.25) is 4.79 Å². The molecule has 0 atom stereocenters. The van der Waals surface area contributed by atoms with E-state index < -0.39 is 5.82 Å². The van der Waals surface area contributed by atoms with Crippen LogP contribution < -0.4 is 5.32 Å². The maximum atomic E-state index is 14.5. The Bertz CT molecular complexity index is 799. The summed E-state index contributed by atoms with van der Waals surface area (Å²) in [5.74, 6) is -0.649. The van der Waals surface area contributed by atoms with Crippen LogP contribution in [0.3, 0.4) is 0 Å². The van der Waals surface area contributed by atoms with Crippen molar-refractivity contribution in [1.82, 2.24) is 10.3 Å². The Morgan fingerprint density at radius 2 is 1.52 bits per heavy atom. The van der Waals surface area contributed by atoms with E-state index in [1.807, 2.05) is 12.1 Å². The average Bonchev–Trinajstić information content (AvgIpc) is 2.51. The van der Waals surface area contributed by atoms with Crippen molar-refractivity contribution in [2.75, 3.05) is 7.05 Å². The van der Waals surface area contributed by atoms with Gasteiger partial charge < -0.3 is 5.32 Å². The molecule has 0 bridgehead atoms. The minimum absolute atomic E-state index is 0.0825. The highest BCUT2D eigenvalue weighted by Crippen LogP contribution is 2.52. The number of carbonyl (C=O) groups is 1. The van der Waals surface area contributed by atoms with Gasteiger partial charge in [0.05, 0.1) is 0 Å². The zero-order valence-electron chi connectivity index (χ0n) is 16.5. The maximum absolute atomic E-state index is 14.5. The van der Waals surface area contributed by atoms with Gasteiger partial charge in [0.25, 0.3) is 5.91 Å². The molecule has 3 nitrogen and oxygen atoms in total. The van der Waals surface area contributed by atoms with Crippen LogP contribution in [0.25, 0.3) is 10.9 Å². The molecule has 0 aliphatic rings. The summed E-state index contributed by atoms with van der Waals surface area (Å²) in [5.41, 5.74) is 1.07. The van der Waals surface area contributed by atoms with E-state index in [0.29, 0.717) is 10.9 Å². The zero-order chi connectivity index (χ0) is 19.2. The van der Waals surface area contributed by atoms with Gasteiger partial charge in [-0.1, -0.05) is 54.5 Å². The summed E-state index contributed by atoms with van der Waals surface area (Å²) in [5, 5.41) is 3.13. The van der Waals surface area contributed by atoms with Crippen LogP contribution in [0.5, 0.6) is 0 Å². The van der Waals surface area contributed by atoms with Crippen molar-refractivity contribution in [3.05, 3.63) is 41.3 Å². The Kier molecular flexibility index (Phi) is 4.71. The number of benzene rings is 1. The second kappa shape index (κ2) is 6.08. The van der Waals surface area contributed by atoms with Crippen LogP contribution in [-0.2, 0) is 5.41 Å². The van der Waals surface area contributed by atoms with Crippen molar-refractivity contribution in [3.63, 3.8) is 0 Å². The summed E-state index contributed by atoms with van der Waals surface area (Å²) >= 11 is 0. The minimum Gasteiger partial charge on any atom is -0.355 e. The first kappa shape index (κ1) is 19.4. The summed E-state index contributed by atoms with van der Waals surface area (Å²) in [6.45, 7) is 15.3. The second-order valence-electron chi connectivity index (χ2n) is 8.89. The van der Waals surface area contributed by atoms with E-state index in [2.05, 4.69) is 53.8 Å². The monoisotopic (exact) mass is 344 g/mol. The number of nitrogens with one attached hydrogen (secondary N) is 1. The minimum atomic E-state index is -0.408. The Hall–Kier alpha value is -1.97. The van der Waals surface area contributed by atoms with Crippen LogP contribution in [0.15, 0.2) is 24.3 Å². The third-order valence-electron chi connectivity index (χ3n) is 5.79. The van der Waals surface area contributed by atoms with Crippen molar-refractivity contribution < 1.29 is 9.18 Å². The Balaban J connectivity index is 2.81. The SMILES string of the molecule is CNC(=O)c1ccc(F)c2nc(C(C)(C(C)(C)C)C(C)(C)C)ccc12. The van der Waals surface area contributed by atoms with Crippen LogP contribution in [0, 0.1) is 16.6 Å². The predicted octanol–water partition coefficient (Wildman–Crippen LogP) is 5.08. The molecule has 25 heavy (non-hydrogen) atoms. The summed E-state index contributed by atoms with van der Waals surface area (Å²) in [4.78, 5) is 16.8. The molecule has 0 saturated carbocycles. The molecular formula is C21H29FN2O. The van der Waals surface area contributed by atoms with Gasteiger partial charge in [-0.05, 0) is 29.0 Å². The molecule has 0 radical (unpaired) electrons. The smallest absolute Gasteiger partial charge is 0.251 e. The van der Waals surface area contributed by atoms with Gasteiger partial charge in [0, 0.05) is 29.1 Å². The normalized spacial score (nSPS) is 13.2. The molecule has 2 rings (SSSR count). The highest BCUT2D eigenvalue weighted by atomic mass is 19.1. The van der Waals surface area contributed by atoms with E-state index in [-0.39, 0.29) is 27.7 Å². The van der Waals surface area contributed by atoms with Crippen LogP contribution in [-0.4, -0.2) is 17.9 Å². The number of halogens is 1. The standard InChI is InChI=1S/C21H29FN2O/c1-19(2,3)21(7,20(4,5)6)16-12-10-13-14(18(25)23-8)9-11-15(22)17(13)24-16/h9-12H,1-8H3,(H,23,25). The van der Waals surface area contributed by atoms with Crippen molar-refractivity contribution in [2.24, 2.45) is 10.8 Å². The largest absolute Gasteiger partial charge is 0.355 e. The van der Waals surface area contributed by atoms with Crippen LogP contribution in [0.4, 0.5) is 4.39 Å². The number of nitrogens with zero attached hydrogens (tertiary/aromatic N) is 1. The molecule has 1 aromatic carbocycles. The Morgan fingerprint density at radius 3 is 2.00 bits per heavy atom. The first-order chi connectivity index (χ1) is 11.3. The average molecular weight is 344 g/mol. The second-order valence-corrected chi connectivity index (χ2v) is 8.89. The Labute approximate surface area is 150 Å². The van der Waals surface area contributed by atoms with E-state index in [4.69, 9.17) is 4.98 Å². The van der Waals surface area contributed by atoms with Gasteiger partial charge in [-0.25, -0.2) is 9.37 Å². The quantitative estimate of drug-likeness (QED) is 0.825. The molecule has 4 heteroatoms. The fourth-order valence-electron chi connectivity index (χ4n) is 3.69. The van der Waals surface area contributed by atoms with E-state index in [0.717, 1.165) is 5.69 Å². The van der Waals surface area contributed by atoms with Gasteiger partial charge in [-0.15, -0.1) is 0 Å². The molecule has 0 aliphatic heterocycles. The maximum Gasteiger partial charge on any atom is 0.251 e. The first-order valence-corrected chi connectivity index (χ1v) is 8.66. The first-order valence-electron chi connectivity index (χ1n) is 8.66. The third-order valence-corrected chi connectivity index (χ3v) is 5.79. The van der Waals surface area contributed by atoms with E-state index in [1.165, 1.54) is 12.1 Å². The predicted molar refractivity (Wildman–Crippen MR) is 101 cm³/mol. The number of amides is 1. The molecule has 1 N–H and O–H groups in total. The summed E-state index contributed by atoms with van der Waals surface area (Å²) in [7, 11) is 1.57. The van der Waals surface area contributed by atoms with Crippen molar-refractivity contribution in [3.8, 4) is 0 Å². The lowest BCUT2D eigenvalue weighted by molar-refractivity contribution is 0.0655. The van der Waals surface area contributed by atoms with Crippen LogP contribution in [0.2, 0.25) is 0 Å². The lowest BCUT2D eigenvalue weighted by Gasteiger charge is -2.51. The molecule has 136 valence electrons. The van der Waals surface area contributed by atoms with Crippen molar-refractivity contribution in [2.45, 2.75) is 53.9 Å². The summed E-state index contributed by atoms with van der Waals surface area (Å²) < 4.78 is 14.5. The molecule has 2 aromatic rings. The van der Waals surface area contributed by atoms with Gasteiger partial charge in [-0.2, -0.15) is 0 Å². The van der Waals surface area contributed by atoms with Gasteiger partial charge >= 0.3 is 0 Å². The lowest BCUT2D eigenvalue weighted by Crippen LogP contribution is -2.48. The number of carbonyl (C=O) groups excluding carboxylic acids is 1. The molecule has 0 fully saturated rings. The number of pyridine rings is 1. The van der Waals surface area contributed by atoms with Gasteiger partial charge in [0.15, 0.2) is 0 Å². The molecular weight excluding hydrogens is 315 g/mol. The fourth-order valence-corrected chi connectivity index (χ4v) is 3.69. The Morgan fingerprint density at radius 1 is 0.960 bits per heavy atom. The number of aromatic nitrogens is 1. The molecule has 1 heterocycles. The zero-order valence-corrected chi connectivity index (χ0v) is 16.5. The summed E-state index contributed by atoms with van der Waals surface area (Å²) in [6.07, 6.45) is 0. The van der Waals surface area contributed by atoms with Gasteiger partial charge in [0.1, 0.15) is 11.3 Å². The number of fused-ring (bicyclic) bond motifs is 1. The molecule has 1 aromatic heterocycles. The van der Waals surface area contributed by atoms with E-state index >= 15 is 0 Å².